The van der Waals surface area contributed by atoms with Gasteiger partial charge in [-0.05, 0) is 37.3 Å². The van der Waals surface area contributed by atoms with E-state index in [1.165, 1.54) is 17.8 Å². The number of hydrogen-bond donors (Lipinski definition) is 2. The summed E-state index contributed by atoms with van der Waals surface area (Å²) in [6.07, 6.45) is 1.82. The first-order chi connectivity index (χ1) is 6.67. The molecule has 1 aromatic rings. The van der Waals surface area contributed by atoms with E-state index in [0.29, 0.717) is 15.9 Å². The third-order valence-corrected chi connectivity index (χ3v) is 2.61. The monoisotopic (exact) mass is 250 g/mol. The van der Waals surface area contributed by atoms with Crippen molar-refractivity contribution < 1.29 is 4.39 Å². The Morgan fingerprint density at radius 1 is 1.64 bits per heavy atom. The van der Waals surface area contributed by atoms with Crippen LogP contribution in [0.1, 0.15) is 0 Å². The van der Waals surface area contributed by atoms with Gasteiger partial charge in [0.1, 0.15) is 5.82 Å². The zero-order chi connectivity index (χ0) is 10.6. The van der Waals surface area contributed by atoms with Gasteiger partial charge in [-0.3, -0.25) is 0 Å². The topological polar surface area (TPSA) is 24.4 Å². The summed E-state index contributed by atoms with van der Waals surface area (Å²) in [6.45, 7) is 0. The minimum atomic E-state index is -0.416. The third kappa shape index (κ3) is 3.08. The molecule has 0 aliphatic carbocycles. The fraction of sp³-hybridized carbons (Fsp3) is 0.125. The van der Waals surface area contributed by atoms with E-state index in [9.17, 15) is 4.39 Å². The van der Waals surface area contributed by atoms with Crippen LogP contribution in [0.2, 0.25) is 5.02 Å². The van der Waals surface area contributed by atoms with Gasteiger partial charge in [-0.25, -0.2) is 4.39 Å². The van der Waals surface area contributed by atoms with Crippen LogP contribution in [0, 0.1) is 5.82 Å². The van der Waals surface area contributed by atoms with Crippen LogP contribution in [0.25, 0.3) is 0 Å². The molecule has 1 aromatic carbocycles. The minimum Gasteiger partial charge on any atom is -0.332 e. The molecule has 0 atom stereocenters. The maximum atomic E-state index is 13.2. The Labute approximate surface area is 96.5 Å². The molecule has 0 fully saturated rings. The van der Waals surface area contributed by atoms with Gasteiger partial charge < -0.3 is 5.32 Å². The van der Waals surface area contributed by atoms with Gasteiger partial charge in [0.2, 0.25) is 0 Å². The highest BCUT2D eigenvalue weighted by atomic mass is 35.5. The second-order valence-electron chi connectivity index (χ2n) is 2.36. The number of nitrogens with one attached hydrogen (secondary N) is 1. The molecule has 0 aliphatic rings. The van der Waals surface area contributed by atoms with Gasteiger partial charge in [-0.15, -0.1) is 0 Å². The SMILES string of the molecule is CS/C(=N/S)Nc1ccc(Cl)cc1F. The van der Waals surface area contributed by atoms with Crippen LogP contribution in [-0.2, 0) is 0 Å². The van der Waals surface area contributed by atoms with Crippen LogP contribution in [0.3, 0.4) is 0 Å². The number of anilines is 1. The molecule has 0 saturated carbocycles. The maximum absolute atomic E-state index is 13.2. The minimum absolute atomic E-state index is 0.330. The number of benzene rings is 1. The van der Waals surface area contributed by atoms with E-state index in [1.54, 1.807) is 12.1 Å². The van der Waals surface area contributed by atoms with E-state index >= 15 is 0 Å². The number of halogens is 2. The Balaban J connectivity index is 2.87. The molecule has 0 heterocycles. The van der Waals surface area contributed by atoms with Crippen molar-refractivity contribution in [2.45, 2.75) is 0 Å². The van der Waals surface area contributed by atoms with E-state index in [2.05, 4.69) is 22.5 Å². The summed E-state index contributed by atoms with van der Waals surface area (Å²) in [5.41, 5.74) is 0.330. The van der Waals surface area contributed by atoms with Gasteiger partial charge in [-0.2, -0.15) is 4.40 Å². The van der Waals surface area contributed by atoms with Crippen LogP contribution in [0.4, 0.5) is 10.1 Å². The molecule has 0 amide bonds. The number of hydrogen-bond acceptors (Lipinski definition) is 3. The molecule has 0 spiro atoms. The van der Waals surface area contributed by atoms with Crippen molar-refractivity contribution in [3.8, 4) is 0 Å². The summed E-state index contributed by atoms with van der Waals surface area (Å²) in [5, 5.41) is 3.66. The van der Waals surface area contributed by atoms with Crippen molar-refractivity contribution in [3.05, 3.63) is 29.0 Å². The van der Waals surface area contributed by atoms with Crippen molar-refractivity contribution in [1.82, 2.24) is 0 Å². The number of amidine groups is 1. The number of thiol groups is 1. The molecular weight excluding hydrogens is 243 g/mol. The quantitative estimate of drug-likeness (QED) is 0.453. The van der Waals surface area contributed by atoms with Gasteiger partial charge >= 0.3 is 0 Å². The van der Waals surface area contributed by atoms with Gasteiger partial charge in [0, 0.05) is 5.02 Å². The summed E-state index contributed by atoms with van der Waals surface area (Å²) in [4.78, 5) is 0. The molecule has 1 rings (SSSR count). The highest BCUT2D eigenvalue weighted by Crippen LogP contribution is 2.20. The predicted octanol–water partition coefficient (Wildman–Crippen LogP) is 3.45. The third-order valence-electron chi connectivity index (χ3n) is 1.46. The molecule has 0 unspecified atom stereocenters. The summed E-state index contributed by atoms with van der Waals surface area (Å²) in [5.74, 6) is -0.416. The van der Waals surface area contributed by atoms with Crippen LogP contribution in [0.15, 0.2) is 22.6 Å². The first-order valence-electron chi connectivity index (χ1n) is 3.65. The average molecular weight is 251 g/mol. The van der Waals surface area contributed by atoms with Crippen molar-refractivity contribution in [2.75, 3.05) is 11.6 Å². The highest BCUT2D eigenvalue weighted by Gasteiger charge is 2.04. The lowest BCUT2D eigenvalue weighted by molar-refractivity contribution is 0.632. The molecular formula is C8H8ClFN2S2. The van der Waals surface area contributed by atoms with Crippen LogP contribution >= 0.6 is 36.2 Å². The summed E-state index contributed by atoms with van der Waals surface area (Å²) in [6, 6.07) is 4.39. The zero-order valence-electron chi connectivity index (χ0n) is 7.29. The van der Waals surface area contributed by atoms with E-state index in [-0.39, 0.29) is 0 Å². The van der Waals surface area contributed by atoms with E-state index in [4.69, 9.17) is 11.6 Å². The van der Waals surface area contributed by atoms with E-state index in [0.717, 1.165) is 0 Å². The average Bonchev–Trinajstić information content (AvgIpc) is 2.17. The molecule has 0 bridgehead atoms. The van der Waals surface area contributed by atoms with Gasteiger partial charge in [0.25, 0.3) is 0 Å². The predicted molar refractivity (Wildman–Crippen MR) is 65.0 cm³/mol. The van der Waals surface area contributed by atoms with Gasteiger partial charge in [0.15, 0.2) is 5.17 Å². The first-order valence-corrected chi connectivity index (χ1v) is 5.65. The Morgan fingerprint density at radius 3 is 2.86 bits per heavy atom. The zero-order valence-corrected chi connectivity index (χ0v) is 9.76. The Morgan fingerprint density at radius 2 is 2.36 bits per heavy atom. The molecule has 0 aromatic heterocycles. The molecule has 0 aliphatic heterocycles. The van der Waals surface area contributed by atoms with Crippen LogP contribution < -0.4 is 5.32 Å². The largest absolute Gasteiger partial charge is 0.332 e. The fourth-order valence-electron chi connectivity index (χ4n) is 0.823. The maximum Gasteiger partial charge on any atom is 0.172 e. The Kier molecular flexibility index (Phi) is 4.57. The fourth-order valence-corrected chi connectivity index (χ4v) is 1.57. The van der Waals surface area contributed by atoms with Crippen molar-refractivity contribution in [3.63, 3.8) is 0 Å². The lowest BCUT2D eigenvalue weighted by Gasteiger charge is -2.07. The van der Waals surface area contributed by atoms with Gasteiger partial charge in [0.05, 0.1) is 5.69 Å². The van der Waals surface area contributed by atoms with Crippen molar-refractivity contribution in [2.24, 2.45) is 4.40 Å². The highest BCUT2D eigenvalue weighted by molar-refractivity contribution is 8.14. The molecule has 1 N–H and O–H groups in total. The van der Waals surface area contributed by atoms with E-state index in [1.807, 2.05) is 6.26 Å². The molecule has 2 nitrogen and oxygen atoms in total. The van der Waals surface area contributed by atoms with Crippen molar-refractivity contribution in [1.29, 1.82) is 0 Å². The molecule has 0 radical (unpaired) electrons. The molecule has 0 saturated heterocycles. The number of rotatable bonds is 1. The Hall–Kier alpha value is -0.390. The van der Waals surface area contributed by atoms with Crippen LogP contribution in [0.5, 0.6) is 0 Å². The standard InChI is InChI=1S/C8H8ClFN2S2/c1-14-8(12-13)11-7-3-2-5(9)4-6(7)10/h2-4,13H,1H3,(H,11,12). The number of nitrogens with zero attached hydrogens (tertiary/aromatic N) is 1. The normalized spacial score (nSPS) is 11.6. The second-order valence-corrected chi connectivity index (χ2v) is 3.79. The summed E-state index contributed by atoms with van der Waals surface area (Å²) >= 11 is 10.7. The van der Waals surface area contributed by atoms with Crippen molar-refractivity contribution >= 4 is 47.0 Å². The smallest absolute Gasteiger partial charge is 0.172 e. The molecule has 14 heavy (non-hydrogen) atoms. The van der Waals surface area contributed by atoms with Gasteiger partial charge in [-0.1, -0.05) is 23.4 Å². The van der Waals surface area contributed by atoms with E-state index < -0.39 is 5.82 Å². The summed E-state index contributed by atoms with van der Waals surface area (Å²) in [7, 11) is 0. The second kappa shape index (κ2) is 5.48. The summed E-state index contributed by atoms with van der Waals surface area (Å²) < 4.78 is 16.9. The lowest BCUT2D eigenvalue weighted by atomic mass is 10.3. The lowest BCUT2D eigenvalue weighted by Crippen LogP contribution is -2.07. The Bertz CT molecular complexity index is 357. The molecule has 6 heteroatoms. The first kappa shape index (κ1) is 11.7. The van der Waals surface area contributed by atoms with Crippen LogP contribution in [-0.4, -0.2) is 11.4 Å². The molecule has 76 valence electrons. The number of thioether (sulfide) groups is 1.